The van der Waals surface area contributed by atoms with Gasteiger partial charge in [0.2, 0.25) is 11.6 Å². The van der Waals surface area contributed by atoms with Gasteiger partial charge < -0.3 is 28.2 Å². The monoisotopic (exact) mass is 274 g/mol. The number of hydrogen-bond donors (Lipinski definition) is 3. The lowest BCUT2D eigenvalue weighted by atomic mass is 10.3. The van der Waals surface area contributed by atoms with Crippen molar-refractivity contribution in [1.82, 2.24) is 0 Å². The van der Waals surface area contributed by atoms with Crippen molar-refractivity contribution in [3.8, 4) is 0 Å². The van der Waals surface area contributed by atoms with E-state index in [4.69, 9.17) is 10.5 Å². The smallest absolute Gasteiger partial charge is 0.411 e. The molecule has 0 saturated heterocycles. The Balaban J connectivity index is 0.00000289. The van der Waals surface area contributed by atoms with Crippen molar-refractivity contribution in [3.63, 3.8) is 0 Å². The maximum absolute atomic E-state index is 11.2. The van der Waals surface area contributed by atoms with E-state index in [0.29, 0.717) is 24.2 Å². The number of amides is 1. The predicted octanol–water partition coefficient (Wildman–Crippen LogP) is -1.52. The number of carbonyl (C=O) groups excluding carboxylic acids is 1. The third kappa shape index (κ3) is 5.09. The number of nitrogens with two attached hydrogens (primary N) is 1. The average Bonchev–Trinajstić information content (AvgIpc) is 2.21. The summed E-state index contributed by atoms with van der Waals surface area (Å²) in [5.41, 5.74) is 6.27. The minimum absolute atomic E-state index is 0. The van der Waals surface area contributed by atoms with Crippen LogP contribution in [0.5, 0.6) is 0 Å². The lowest BCUT2D eigenvalue weighted by Gasteiger charge is -2.08. The zero-order chi connectivity index (χ0) is 12.8. The van der Waals surface area contributed by atoms with Gasteiger partial charge in [-0.3, -0.25) is 5.32 Å². The molecule has 5 N–H and O–H groups in total. The summed E-state index contributed by atoms with van der Waals surface area (Å²) in [5, 5.41) is 5.72. The molecule has 0 aliphatic carbocycles. The summed E-state index contributed by atoms with van der Waals surface area (Å²) in [6, 6.07) is 3.82. The molecule has 1 amide bonds. The number of nitrogens with one attached hydrogen (secondary N) is 3. The van der Waals surface area contributed by atoms with Gasteiger partial charge in [-0.2, -0.15) is 0 Å². The van der Waals surface area contributed by atoms with Gasteiger partial charge in [0, 0.05) is 6.07 Å². The van der Waals surface area contributed by atoms with Crippen molar-refractivity contribution in [2.75, 3.05) is 23.0 Å². The number of pyridine rings is 1. The molecular formula is C11H19ClN4O2. The number of halogens is 1. The van der Waals surface area contributed by atoms with Crippen molar-refractivity contribution in [3.05, 3.63) is 12.1 Å². The Labute approximate surface area is 113 Å². The molecule has 1 heterocycles. The Morgan fingerprint density at radius 1 is 1.50 bits per heavy atom. The SMILES string of the molecule is CCOC(=O)Nc1ccc(NC(C)C)[nH+]c1N.[Cl-]. The lowest BCUT2D eigenvalue weighted by molar-refractivity contribution is -0.342. The highest BCUT2D eigenvalue weighted by Gasteiger charge is 2.10. The van der Waals surface area contributed by atoms with E-state index in [1.807, 2.05) is 13.8 Å². The predicted molar refractivity (Wildman–Crippen MR) is 66.8 cm³/mol. The molecule has 0 spiro atoms. The van der Waals surface area contributed by atoms with Crippen molar-refractivity contribution in [1.29, 1.82) is 0 Å². The molecule has 0 aliphatic heterocycles. The number of anilines is 3. The molecule has 6 nitrogen and oxygen atoms in total. The first-order valence-electron chi connectivity index (χ1n) is 5.55. The molecule has 0 aliphatic rings. The van der Waals surface area contributed by atoms with Crippen LogP contribution in [0.3, 0.4) is 0 Å². The van der Waals surface area contributed by atoms with Crippen LogP contribution in [0.1, 0.15) is 20.8 Å². The first-order chi connectivity index (χ1) is 8.02. The van der Waals surface area contributed by atoms with Crippen LogP contribution in [0.25, 0.3) is 0 Å². The fourth-order valence-electron chi connectivity index (χ4n) is 1.29. The van der Waals surface area contributed by atoms with E-state index in [0.717, 1.165) is 5.82 Å². The van der Waals surface area contributed by atoms with Crippen LogP contribution in [0, 0.1) is 0 Å². The van der Waals surface area contributed by atoms with Gasteiger partial charge in [0.05, 0.1) is 12.6 Å². The number of aromatic amines is 1. The third-order valence-corrected chi connectivity index (χ3v) is 1.93. The highest BCUT2D eigenvalue weighted by atomic mass is 35.5. The molecule has 0 aromatic carbocycles. The number of hydrogen-bond acceptors (Lipinski definition) is 4. The van der Waals surface area contributed by atoms with Crippen LogP contribution in [0.4, 0.5) is 22.1 Å². The van der Waals surface area contributed by atoms with Gasteiger partial charge in [-0.15, -0.1) is 0 Å². The lowest BCUT2D eigenvalue weighted by Crippen LogP contribution is -3.00. The molecular weight excluding hydrogens is 256 g/mol. The summed E-state index contributed by atoms with van der Waals surface area (Å²) in [6.07, 6.45) is -0.517. The number of ether oxygens (including phenoxy) is 1. The summed E-state index contributed by atoms with van der Waals surface area (Å²) < 4.78 is 4.76. The summed E-state index contributed by atoms with van der Waals surface area (Å²) in [6.45, 7) is 6.11. The molecule has 1 rings (SSSR count). The first-order valence-corrected chi connectivity index (χ1v) is 5.55. The largest absolute Gasteiger partial charge is 1.00 e. The molecule has 0 saturated carbocycles. The fourth-order valence-corrected chi connectivity index (χ4v) is 1.29. The quantitative estimate of drug-likeness (QED) is 0.622. The van der Waals surface area contributed by atoms with Gasteiger partial charge in [0.1, 0.15) is 5.69 Å². The summed E-state index contributed by atoms with van der Waals surface area (Å²) in [5.74, 6) is 1.18. The zero-order valence-electron chi connectivity index (χ0n) is 10.7. The van der Waals surface area contributed by atoms with Crippen molar-refractivity contribution < 1.29 is 26.9 Å². The number of H-pyrrole nitrogens is 1. The van der Waals surface area contributed by atoms with E-state index in [-0.39, 0.29) is 12.4 Å². The first kappa shape index (κ1) is 16.3. The second-order valence-electron chi connectivity index (χ2n) is 3.84. The second-order valence-corrected chi connectivity index (χ2v) is 3.84. The molecule has 0 bridgehead atoms. The van der Waals surface area contributed by atoms with Crippen LogP contribution in [0.2, 0.25) is 0 Å². The van der Waals surface area contributed by atoms with Crippen LogP contribution < -0.4 is 33.8 Å². The van der Waals surface area contributed by atoms with E-state index in [9.17, 15) is 4.79 Å². The molecule has 1 aromatic heterocycles. The van der Waals surface area contributed by atoms with Gasteiger partial charge in [-0.25, -0.2) is 9.78 Å². The molecule has 18 heavy (non-hydrogen) atoms. The zero-order valence-corrected chi connectivity index (χ0v) is 11.5. The minimum atomic E-state index is -0.517. The number of nitrogen functional groups attached to an aromatic ring is 1. The normalized spacial score (nSPS) is 9.56. The fraction of sp³-hybridized carbons (Fsp3) is 0.455. The van der Waals surface area contributed by atoms with Gasteiger partial charge in [-0.05, 0) is 26.8 Å². The standard InChI is InChI=1S/C11H18N4O2.ClH/c1-4-17-11(16)14-8-5-6-9(13-7(2)3)15-10(8)12;/h5-7H,4H2,1-3H3,(H,14,16)(H3,12,13,15);1H. The van der Waals surface area contributed by atoms with Crippen molar-refractivity contribution >= 4 is 23.4 Å². The average molecular weight is 275 g/mol. The van der Waals surface area contributed by atoms with Gasteiger partial charge in [0.15, 0.2) is 0 Å². The molecule has 0 fully saturated rings. The highest BCUT2D eigenvalue weighted by molar-refractivity contribution is 5.87. The second kappa shape index (κ2) is 7.60. The van der Waals surface area contributed by atoms with E-state index in [1.165, 1.54) is 0 Å². The van der Waals surface area contributed by atoms with Crippen LogP contribution >= 0.6 is 0 Å². The molecule has 1 aromatic rings. The Bertz CT molecular complexity index is 399. The summed E-state index contributed by atoms with van der Waals surface area (Å²) >= 11 is 0. The van der Waals surface area contributed by atoms with E-state index >= 15 is 0 Å². The Kier molecular flexibility index (Phi) is 6.89. The Morgan fingerprint density at radius 3 is 2.67 bits per heavy atom. The number of rotatable bonds is 4. The van der Waals surface area contributed by atoms with E-state index < -0.39 is 6.09 Å². The van der Waals surface area contributed by atoms with E-state index in [1.54, 1.807) is 19.1 Å². The summed E-state index contributed by atoms with van der Waals surface area (Å²) in [7, 11) is 0. The van der Waals surface area contributed by atoms with Crippen LogP contribution in [0.15, 0.2) is 12.1 Å². The maximum Gasteiger partial charge on any atom is 0.411 e. The molecule has 7 heteroatoms. The number of carbonyl (C=O) groups is 1. The minimum Gasteiger partial charge on any atom is -1.00 e. The molecule has 0 radical (unpaired) electrons. The van der Waals surface area contributed by atoms with Gasteiger partial charge >= 0.3 is 6.09 Å². The topological polar surface area (TPSA) is 90.5 Å². The third-order valence-electron chi connectivity index (χ3n) is 1.93. The maximum atomic E-state index is 11.2. The van der Waals surface area contributed by atoms with Crippen molar-refractivity contribution in [2.24, 2.45) is 0 Å². The number of aromatic nitrogens is 1. The molecule has 102 valence electrons. The Hall–Kier alpha value is -1.69. The van der Waals surface area contributed by atoms with E-state index in [2.05, 4.69) is 15.6 Å². The van der Waals surface area contributed by atoms with Gasteiger partial charge in [0.25, 0.3) is 0 Å². The Morgan fingerprint density at radius 2 is 2.17 bits per heavy atom. The molecule has 0 atom stereocenters. The van der Waals surface area contributed by atoms with Crippen molar-refractivity contribution in [2.45, 2.75) is 26.8 Å². The highest BCUT2D eigenvalue weighted by Crippen LogP contribution is 2.15. The van der Waals surface area contributed by atoms with Crippen LogP contribution in [-0.2, 0) is 4.74 Å². The van der Waals surface area contributed by atoms with Gasteiger partial charge in [-0.1, -0.05) is 0 Å². The van der Waals surface area contributed by atoms with Crippen LogP contribution in [-0.4, -0.2) is 18.7 Å². The molecule has 0 unspecified atom stereocenters. The summed E-state index contributed by atoms with van der Waals surface area (Å²) in [4.78, 5) is 14.2.